The minimum absolute atomic E-state index is 0.0873. The third kappa shape index (κ3) is 5.43. The predicted octanol–water partition coefficient (Wildman–Crippen LogP) is 2.27. The predicted molar refractivity (Wildman–Crippen MR) is 109 cm³/mol. The van der Waals surface area contributed by atoms with Crippen molar-refractivity contribution in [1.82, 2.24) is 15.1 Å². The summed E-state index contributed by atoms with van der Waals surface area (Å²) in [6.45, 7) is 6.62. The van der Waals surface area contributed by atoms with Gasteiger partial charge in [0.2, 0.25) is 0 Å². The van der Waals surface area contributed by atoms with Crippen molar-refractivity contribution >= 4 is 5.96 Å². The molecule has 156 valence electrons. The summed E-state index contributed by atoms with van der Waals surface area (Å²) in [4.78, 5) is 9.31. The van der Waals surface area contributed by atoms with Crippen molar-refractivity contribution in [3.05, 3.63) is 35.6 Å². The molecule has 2 fully saturated rings. The maximum atomic E-state index is 13.3. The average molecular weight is 393 g/mol. The number of nitrogens with zero attached hydrogens (tertiary/aromatic N) is 3. The first kappa shape index (κ1) is 21.0. The largest absolute Gasteiger partial charge is 0.375 e. The van der Waals surface area contributed by atoms with Gasteiger partial charge in [-0.05, 0) is 51.6 Å². The molecule has 2 saturated heterocycles. The van der Waals surface area contributed by atoms with Crippen LogP contribution in [0.4, 0.5) is 4.39 Å². The Labute approximate surface area is 167 Å². The lowest BCUT2D eigenvalue weighted by Gasteiger charge is -2.37. The zero-order valence-electron chi connectivity index (χ0n) is 17.2. The van der Waals surface area contributed by atoms with Crippen molar-refractivity contribution in [2.24, 2.45) is 4.99 Å². The van der Waals surface area contributed by atoms with Gasteiger partial charge in [0.15, 0.2) is 5.96 Å². The minimum atomic E-state index is -0.216. The fourth-order valence-corrected chi connectivity index (χ4v) is 3.84. The van der Waals surface area contributed by atoms with Crippen LogP contribution in [0.15, 0.2) is 29.3 Å². The summed E-state index contributed by atoms with van der Waals surface area (Å²) >= 11 is 0. The van der Waals surface area contributed by atoms with Crippen LogP contribution in [0.3, 0.4) is 0 Å². The Morgan fingerprint density at radius 2 is 2.00 bits per heavy atom. The number of hydrogen-bond acceptors (Lipinski definition) is 4. The van der Waals surface area contributed by atoms with Crippen molar-refractivity contribution in [1.29, 1.82) is 0 Å². The van der Waals surface area contributed by atoms with E-state index in [-0.39, 0.29) is 24.1 Å². The molecule has 0 radical (unpaired) electrons. The molecule has 1 N–H and O–H groups in total. The van der Waals surface area contributed by atoms with Gasteiger partial charge in [-0.2, -0.15) is 0 Å². The van der Waals surface area contributed by atoms with E-state index in [1.165, 1.54) is 12.1 Å². The molecular formula is C21H33FN4O2. The molecule has 2 aliphatic rings. The van der Waals surface area contributed by atoms with Crippen molar-refractivity contribution in [3.63, 3.8) is 0 Å². The summed E-state index contributed by atoms with van der Waals surface area (Å²) < 4.78 is 25.1. The normalized spacial score (nSPS) is 24.6. The first-order chi connectivity index (χ1) is 13.6. The second kappa shape index (κ2) is 10.2. The van der Waals surface area contributed by atoms with E-state index in [2.05, 4.69) is 22.0 Å². The number of nitrogens with one attached hydrogen (secondary N) is 1. The van der Waals surface area contributed by atoms with Gasteiger partial charge in [-0.25, -0.2) is 4.39 Å². The second-order valence-electron chi connectivity index (χ2n) is 7.63. The molecule has 2 aliphatic heterocycles. The summed E-state index contributed by atoms with van der Waals surface area (Å²) in [5.41, 5.74) is 1.06. The summed E-state index contributed by atoms with van der Waals surface area (Å²) in [7, 11) is 4.05. The Balaban J connectivity index is 1.70. The van der Waals surface area contributed by atoms with Gasteiger partial charge in [0.1, 0.15) is 11.9 Å². The lowest BCUT2D eigenvalue weighted by molar-refractivity contribution is -0.0817. The van der Waals surface area contributed by atoms with E-state index in [0.717, 1.165) is 50.6 Å². The first-order valence-corrected chi connectivity index (χ1v) is 10.3. The number of halogens is 1. The molecule has 2 heterocycles. The summed E-state index contributed by atoms with van der Waals surface area (Å²) in [5.74, 6) is 0.689. The molecule has 7 heteroatoms. The number of rotatable bonds is 6. The molecule has 0 amide bonds. The van der Waals surface area contributed by atoms with E-state index in [9.17, 15) is 4.39 Å². The van der Waals surface area contributed by atoms with Crippen molar-refractivity contribution < 1.29 is 13.9 Å². The Bertz CT molecular complexity index is 632. The molecule has 0 spiro atoms. The molecular weight excluding hydrogens is 359 g/mol. The summed E-state index contributed by atoms with van der Waals surface area (Å²) in [6, 6.07) is 6.78. The number of ether oxygens (including phenoxy) is 2. The summed E-state index contributed by atoms with van der Waals surface area (Å²) in [5, 5.41) is 3.42. The molecule has 1 aromatic rings. The van der Waals surface area contributed by atoms with E-state index in [4.69, 9.17) is 14.5 Å². The van der Waals surface area contributed by atoms with Gasteiger partial charge in [-0.1, -0.05) is 12.1 Å². The first-order valence-electron chi connectivity index (χ1n) is 10.3. The number of guanidine groups is 1. The SMILES string of the molecule is CCNC(=NCC(c1ccc(F)cc1)N(C)C)N1CCOC(C2CCCO2)C1. The molecule has 6 nitrogen and oxygen atoms in total. The van der Waals surface area contributed by atoms with Crippen molar-refractivity contribution in [2.75, 3.05) is 53.5 Å². The van der Waals surface area contributed by atoms with E-state index in [1.54, 1.807) is 0 Å². The molecule has 3 unspecified atom stereocenters. The Kier molecular flexibility index (Phi) is 7.65. The van der Waals surface area contributed by atoms with Crippen molar-refractivity contribution in [3.8, 4) is 0 Å². The van der Waals surface area contributed by atoms with Gasteiger partial charge < -0.3 is 24.6 Å². The molecule has 0 aliphatic carbocycles. The van der Waals surface area contributed by atoms with Crippen LogP contribution in [0.25, 0.3) is 0 Å². The molecule has 0 saturated carbocycles. The number of benzene rings is 1. The number of aliphatic imine (C=N–C) groups is 1. The minimum Gasteiger partial charge on any atom is -0.375 e. The molecule has 0 aromatic heterocycles. The van der Waals surface area contributed by atoms with E-state index < -0.39 is 0 Å². The molecule has 3 atom stereocenters. The van der Waals surface area contributed by atoms with E-state index >= 15 is 0 Å². The molecule has 1 aromatic carbocycles. The highest BCUT2D eigenvalue weighted by Gasteiger charge is 2.32. The topological polar surface area (TPSA) is 49.3 Å². The zero-order valence-corrected chi connectivity index (χ0v) is 17.2. The van der Waals surface area contributed by atoms with Crippen LogP contribution in [0, 0.1) is 5.82 Å². The highest BCUT2D eigenvalue weighted by Crippen LogP contribution is 2.22. The van der Waals surface area contributed by atoms with Crippen molar-refractivity contribution in [2.45, 2.75) is 38.0 Å². The summed E-state index contributed by atoms with van der Waals surface area (Å²) in [6.07, 6.45) is 2.47. The highest BCUT2D eigenvalue weighted by atomic mass is 19.1. The average Bonchev–Trinajstić information content (AvgIpc) is 3.23. The van der Waals surface area contributed by atoms with E-state index in [0.29, 0.717) is 13.2 Å². The Morgan fingerprint density at radius 1 is 1.25 bits per heavy atom. The molecule has 0 bridgehead atoms. The maximum absolute atomic E-state index is 13.3. The fourth-order valence-electron chi connectivity index (χ4n) is 3.84. The van der Waals surface area contributed by atoms with Crippen LogP contribution in [-0.4, -0.2) is 81.5 Å². The quantitative estimate of drug-likeness (QED) is 0.595. The lowest BCUT2D eigenvalue weighted by atomic mass is 10.1. The second-order valence-corrected chi connectivity index (χ2v) is 7.63. The fraction of sp³-hybridized carbons (Fsp3) is 0.667. The Hall–Kier alpha value is -1.70. The van der Waals surface area contributed by atoms with E-state index in [1.807, 2.05) is 26.2 Å². The smallest absolute Gasteiger partial charge is 0.194 e. The lowest BCUT2D eigenvalue weighted by Crippen LogP contribution is -2.53. The van der Waals surface area contributed by atoms with Crippen LogP contribution in [0.1, 0.15) is 31.4 Å². The van der Waals surface area contributed by atoms with Crippen LogP contribution >= 0.6 is 0 Å². The molecule has 28 heavy (non-hydrogen) atoms. The Morgan fingerprint density at radius 3 is 2.64 bits per heavy atom. The van der Waals surface area contributed by atoms with Gasteiger partial charge in [-0.3, -0.25) is 4.99 Å². The van der Waals surface area contributed by atoms with Crippen LogP contribution in [0.2, 0.25) is 0 Å². The number of morpholine rings is 1. The van der Waals surface area contributed by atoms with Gasteiger partial charge in [0.05, 0.1) is 25.3 Å². The zero-order chi connectivity index (χ0) is 19.9. The van der Waals surface area contributed by atoms with Gasteiger partial charge >= 0.3 is 0 Å². The third-order valence-corrected chi connectivity index (χ3v) is 5.40. The maximum Gasteiger partial charge on any atom is 0.194 e. The third-order valence-electron chi connectivity index (χ3n) is 5.40. The number of likely N-dealkylation sites (N-methyl/N-ethyl adjacent to an activating group) is 1. The van der Waals surface area contributed by atoms with Crippen LogP contribution < -0.4 is 5.32 Å². The van der Waals surface area contributed by atoms with Gasteiger partial charge in [-0.15, -0.1) is 0 Å². The van der Waals surface area contributed by atoms with Crippen LogP contribution in [-0.2, 0) is 9.47 Å². The monoisotopic (exact) mass is 392 g/mol. The number of hydrogen-bond donors (Lipinski definition) is 1. The van der Waals surface area contributed by atoms with Gasteiger partial charge in [0.25, 0.3) is 0 Å². The molecule has 3 rings (SSSR count). The van der Waals surface area contributed by atoms with Gasteiger partial charge in [0, 0.05) is 26.2 Å². The highest BCUT2D eigenvalue weighted by molar-refractivity contribution is 5.80. The standard InChI is InChI=1S/C21H33FN4O2/c1-4-23-21(26-11-13-28-20(15-26)19-6-5-12-27-19)24-14-18(25(2)3)16-7-9-17(22)10-8-16/h7-10,18-20H,4-6,11-15H2,1-3H3,(H,23,24). The van der Waals surface area contributed by atoms with Crippen LogP contribution in [0.5, 0.6) is 0 Å².